The second kappa shape index (κ2) is 11.6. The smallest absolute Gasteiger partial charge is 0.191 e. The Morgan fingerprint density at radius 1 is 1.27 bits per heavy atom. The van der Waals surface area contributed by atoms with Gasteiger partial charge in [-0.2, -0.15) is 0 Å². The summed E-state index contributed by atoms with van der Waals surface area (Å²) >= 11 is 7.63. The van der Waals surface area contributed by atoms with Crippen molar-refractivity contribution in [2.75, 3.05) is 20.1 Å². The number of nitrogens with zero attached hydrogens (tertiary/aromatic N) is 2. The molecule has 0 radical (unpaired) electrons. The molecule has 1 unspecified atom stereocenters. The van der Waals surface area contributed by atoms with Crippen LogP contribution in [-0.4, -0.2) is 37.2 Å². The van der Waals surface area contributed by atoms with E-state index in [1.165, 1.54) is 4.88 Å². The van der Waals surface area contributed by atoms with Crippen molar-refractivity contribution in [3.05, 3.63) is 44.9 Å². The molecule has 0 saturated heterocycles. The Balaban J connectivity index is 0.00000338. The van der Waals surface area contributed by atoms with Crippen molar-refractivity contribution >= 4 is 52.9 Å². The van der Waals surface area contributed by atoms with Crippen LogP contribution in [0.1, 0.15) is 22.5 Å². The van der Waals surface area contributed by atoms with Gasteiger partial charge in [0.15, 0.2) is 5.96 Å². The number of aromatic nitrogens is 1. The molecule has 0 aliphatic heterocycles. The van der Waals surface area contributed by atoms with Gasteiger partial charge in [-0.05, 0) is 45.0 Å². The third kappa shape index (κ3) is 7.67. The second-order valence-corrected chi connectivity index (χ2v) is 7.49. The van der Waals surface area contributed by atoms with E-state index in [1.54, 1.807) is 18.4 Å². The number of nitrogens with one attached hydrogen (secondary N) is 2. The fourth-order valence-corrected chi connectivity index (χ4v) is 3.24. The number of aliphatic imine (C=N–C) groups is 1. The maximum atomic E-state index is 5.88. The molecular formula is C18H26ClIN4OS. The lowest BCUT2D eigenvalue weighted by atomic mass is 10.3. The number of ether oxygens (including phenoxy) is 1. The molecule has 0 fully saturated rings. The highest BCUT2D eigenvalue weighted by atomic mass is 127. The van der Waals surface area contributed by atoms with Gasteiger partial charge in [0.2, 0.25) is 0 Å². The molecular weight excluding hydrogens is 483 g/mol. The van der Waals surface area contributed by atoms with Crippen LogP contribution in [0.4, 0.5) is 0 Å². The average molecular weight is 509 g/mol. The number of thiazole rings is 1. The zero-order valence-corrected chi connectivity index (χ0v) is 19.4. The SMILES string of the molecule is CN=C(NCCc1nc(C)c(C)s1)NCC(C)Oc1ccc(Cl)cc1.I. The first-order valence-electron chi connectivity index (χ1n) is 8.27. The van der Waals surface area contributed by atoms with E-state index in [-0.39, 0.29) is 30.1 Å². The van der Waals surface area contributed by atoms with E-state index in [0.717, 1.165) is 35.4 Å². The largest absolute Gasteiger partial charge is 0.489 e. The Labute approximate surface area is 181 Å². The summed E-state index contributed by atoms with van der Waals surface area (Å²) in [6, 6.07) is 7.37. The minimum Gasteiger partial charge on any atom is -0.489 e. The number of hydrogen-bond donors (Lipinski definition) is 2. The monoisotopic (exact) mass is 508 g/mol. The van der Waals surface area contributed by atoms with Gasteiger partial charge >= 0.3 is 0 Å². The van der Waals surface area contributed by atoms with Crippen LogP contribution < -0.4 is 15.4 Å². The van der Waals surface area contributed by atoms with E-state index < -0.39 is 0 Å². The van der Waals surface area contributed by atoms with Gasteiger partial charge < -0.3 is 15.4 Å². The lowest BCUT2D eigenvalue weighted by Gasteiger charge is -2.17. The lowest BCUT2D eigenvalue weighted by Crippen LogP contribution is -2.42. The highest BCUT2D eigenvalue weighted by molar-refractivity contribution is 14.0. The number of aryl methyl sites for hydroxylation is 2. The summed E-state index contributed by atoms with van der Waals surface area (Å²) in [4.78, 5) is 10.1. The molecule has 0 aliphatic carbocycles. The number of guanidine groups is 1. The second-order valence-electron chi connectivity index (χ2n) is 5.76. The summed E-state index contributed by atoms with van der Waals surface area (Å²) in [6.07, 6.45) is 0.889. The average Bonchev–Trinajstić information content (AvgIpc) is 2.91. The lowest BCUT2D eigenvalue weighted by molar-refractivity contribution is 0.224. The highest BCUT2D eigenvalue weighted by Gasteiger charge is 2.07. The van der Waals surface area contributed by atoms with Crippen molar-refractivity contribution in [2.45, 2.75) is 33.3 Å². The maximum absolute atomic E-state index is 5.88. The van der Waals surface area contributed by atoms with Crippen LogP contribution in [0.25, 0.3) is 0 Å². The third-order valence-corrected chi connectivity index (χ3v) is 5.02. The summed E-state index contributed by atoms with van der Waals surface area (Å²) in [6.45, 7) is 7.60. The third-order valence-electron chi connectivity index (χ3n) is 3.64. The number of benzene rings is 1. The first kappa shape index (κ1) is 23.0. The summed E-state index contributed by atoms with van der Waals surface area (Å²) < 4.78 is 5.84. The molecule has 5 nitrogen and oxygen atoms in total. The summed E-state index contributed by atoms with van der Waals surface area (Å²) in [7, 11) is 1.76. The first-order chi connectivity index (χ1) is 12.0. The minimum atomic E-state index is 0. The van der Waals surface area contributed by atoms with Crippen molar-refractivity contribution < 1.29 is 4.74 Å². The van der Waals surface area contributed by atoms with Crippen LogP contribution in [0.3, 0.4) is 0 Å². The fraction of sp³-hybridized carbons (Fsp3) is 0.444. The molecule has 0 amide bonds. The predicted octanol–water partition coefficient (Wildman–Crippen LogP) is 4.21. The fourth-order valence-electron chi connectivity index (χ4n) is 2.18. The van der Waals surface area contributed by atoms with Gasteiger partial charge in [-0.1, -0.05) is 11.6 Å². The van der Waals surface area contributed by atoms with E-state index in [9.17, 15) is 0 Å². The van der Waals surface area contributed by atoms with Crippen molar-refractivity contribution in [2.24, 2.45) is 4.99 Å². The Hall–Kier alpha value is -1.06. The molecule has 2 N–H and O–H groups in total. The van der Waals surface area contributed by atoms with Gasteiger partial charge in [-0.15, -0.1) is 35.3 Å². The summed E-state index contributed by atoms with van der Waals surface area (Å²) in [5.74, 6) is 1.56. The molecule has 2 rings (SSSR count). The van der Waals surface area contributed by atoms with E-state index in [1.807, 2.05) is 38.1 Å². The number of hydrogen-bond acceptors (Lipinski definition) is 4. The Bertz CT molecular complexity index is 686. The number of rotatable bonds is 7. The molecule has 26 heavy (non-hydrogen) atoms. The van der Waals surface area contributed by atoms with Gasteiger partial charge in [0, 0.05) is 29.9 Å². The van der Waals surface area contributed by atoms with Crippen molar-refractivity contribution in [3.8, 4) is 5.75 Å². The predicted molar refractivity (Wildman–Crippen MR) is 122 cm³/mol. The quantitative estimate of drug-likeness (QED) is 0.334. The Morgan fingerprint density at radius 2 is 1.96 bits per heavy atom. The van der Waals surface area contributed by atoms with Crippen molar-refractivity contribution in [1.29, 1.82) is 0 Å². The zero-order valence-electron chi connectivity index (χ0n) is 15.5. The van der Waals surface area contributed by atoms with Gasteiger partial charge in [0.25, 0.3) is 0 Å². The van der Waals surface area contributed by atoms with Gasteiger partial charge in [-0.25, -0.2) is 4.98 Å². The molecule has 1 aromatic heterocycles. The van der Waals surface area contributed by atoms with Gasteiger partial charge in [0.1, 0.15) is 11.9 Å². The normalized spacial score (nSPS) is 12.3. The molecule has 144 valence electrons. The van der Waals surface area contributed by atoms with E-state index in [4.69, 9.17) is 16.3 Å². The summed E-state index contributed by atoms with van der Waals surface area (Å²) in [5, 5.41) is 8.43. The van der Waals surface area contributed by atoms with Crippen LogP contribution >= 0.6 is 46.9 Å². The van der Waals surface area contributed by atoms with Crippen LogP contribution in [-0.2, 0) is 6.42 Å². The molecule has 0 saturated carbocycles. The van der Waals surface area contributed by atoms with Crippen molar-refractivity contribution in [1.82, 2.24) is 15.6 Å². The first-order valence-corrected chi connectivity index (χ1v) is 9.47. The summed E-state index contributed by atoms with van der Waals surface area (Å²) in [5.41, 5.74) is 1.12. The maximum Gasteiger partial charge on any atom is 0.191 e. The Morgan fingerprint density at radius 3 is 2.54 bits per heavy atom. The van der Waals surface area contributed by atoms with E-state index >= 15 is 0 Å². The van der Waals surface area contributed by atoms with Crippen LogP contribution in [0, 0.1) is 13.8 Å². The minimum absolute atomic E-state index is 0. The van der Waals surface area contributed by atoms with Crippen LogP contribution in [0.2, 0.25) is 5.02 Å². The molecule has 0 spiro atoms. The molecule has 0 aliphatic rings. The van der Waals surface area contributed by atoms with Crippen molar-refractivity contribution in [3.63, 3.8) is 0 Å². The molecule has 8 heteroatoms. The molecule has 1 atom stereocenters. The van der Waals surface area contributed by atoms with Crippen LogP contribution in [0.5, 0.6) is 5.75 Å². The van der Waals surface area contributed by atoms with E-state index in [0.29, 0.717) is 11.6 Å². The molecule has 1 aromatic carbocycles. The molecule has 2 aromatic rings. The molecule has 0 bridgehead atoms. The van der Waals surface area contributed by atoms with Crippen LogP contribution in [0.15, 0.2) is 29.3 Å². The standard InChI is InChI=1S/C18H25ClN4OS.HI/c1-12(24-16-7-5-15(19)6-8-16)11-22-18(20-4)21-10-9-17-23-13(2)14(3)25-17;/h5-8,12H,9-11H2,1-4H3,(H2,20,21,22);1H. The zero-order chi connectivity index (χ0) is 18.2. The van der Waals surface area contributed by atoms with Gasteiger partial charge in [0.05, 0.1) is 17.2 Å². The highest BCUT2D eigenvalue weighted by Crippen LogP contribution is 2.17. The number of halogens is 2. The van der Waals surface area contributed by atoms with Gasteiger partial charge in [-0.3, -0.25) is 4.99 Å². The van der Waals surface area contributed by atoms with E-state index in [2.05, 4.69) is 27.5 Å². The molecule has 1 heterocycles. The topological polar surface area (TPSA) is 58.5 Å². The Kier molecular flexibility index (Phi) is 10.3.